The van der Waals surface area contributed by atoms with E-state index >= 15 is 0 Å². The molecule has 0 spiro atoms. The molecule has 0 amide bonds. The van der Waals surface area contributed by atoms with Crippen LogP contribution in [-0.2, 0) is 0 Å². The number of hydrogen-bond donors (Lipinski definition) is 3. The third kappa shape index (κ3) is 3.80. The molecule has 9 nitrogen and oxygen atoms in total. The number of aryl methyl sites for hydroxylation is 1. The Morgan fingerprint density at radius 2 is 1.94 bits per heavy atom. The monoisotopic (exact) mass is 448 g/mol. The normalized spacial score (nSPS) is 21.3. The van der Waals surface area contributed by atoms with Crippen LogP contribution in [0.2, 0.25) is 0 Å². The fourth-order valence-electron chi connectivity index (χ4n) is 5.01. The van der Waals surface area contributed by atoms with Crippen molar-refractivity contribution in [2.75, 3.05) is 11.1 Å². The van der Waals surface area contributed by atoms with E-state index in [1.54, 1.807) is 4.52 Å². The van der Waals surface area contributed by atoms with Crippen molar-refractivity contribution < 1.29 is 5.11 Å². The van der Waals surface area contributed by atoms with E-state index in [1.165, 1.54) is 0 Å². The van der Waals surface area contributed by atoms with E-state index in [-0.39, 0.29) is 12.1 Å². The summed E-state index contributed by atoms with van der Waals surface area (Å²) in [5.74, 6) is 1.86. The highest BCUT2D eigenvalue weighted by Gasteiger charge is 2.31. The first kappa shape index (κ1) is 21.6. The minimum absolute atomic E-state index is 0.229. The lowest BCUT2D eigenvalue weighted by molar-refractivity contribution is -0.00198. The smallest absolute Gasteiger partial charge is 0.243 e. The molecule has 0 atom stereocenters. The van der Waals surface area contributed by atoms with E-state index in [9.17, 15) is 5.11 Å². The number of aliphatic hydroxyl groups is 1. The van der Waals surface area contributed by atoms with Gasteiger partial charge in [-0.1, -0.05) is 6.92 Å². The van der Waals surface area contributed by atoms with Crippen molar-refractivity contribution in [1.82, 2.24) is 29.1 Å². The second-order valence-electron chi connectivity index (χ2n) is 9.50. The summed E-state index contributed by atoms with van der Waals surface area (Å²) in [5.41, 5.74) is 10.1. The summed E-state index contributed by atoms with van der Waals surface area (Å²) in [6.07, 6.45) is 6.02. The average molecular weight is 449 g/mol. The van der Waals surface area contributed by atoms with Crippen LogP contribution in [0.3, 0.4) is 0 Å². The number of fused-ring (bicyclic) bond motifs is 2. The molecule has 1 aliphatic rings. The Morgan fingerprint density at radius 3 is 2.64 bits per heavy atom. The van der Waals surface area contributed by atoms with Crippen molar-refractivity contribution in [3.63, 3.8) is 0 Å². The molecule has 5 rings (SSSR count). The van der Waals surface area contributed by atoms with E-state index in [0.29, 0.717) is 11.8 Å². The summed E-state index contributed by atoms with van der Waals surface area (Å²) < 4.78 is 3.91. The molecule has 9 heteroatoms. The van der Waals surface area contributed by atoms with Gasteiger partial charge in [-0.15, -0.1) is 5.10 Å². The van der Waals surface area contributed by atoms with Gasteiger partial charge >= 0.3 is 0 Å². The molecule has 0 radical (unpaired) electrons. The van der Waals surface area contributed by atoms with Crippen molar-refractivity contribution in [3.05, 3.63) is 30.2 Å². The maximum Gasteiger partial charge on any atom is 0.243 e. The van der Waals surface area contributed by atoms with Crippen molar-refractivity contribution in [2.45, 2.75) is 77.5 Å². The predicted octanol–water partition coefficient (Wildman–Crippen LogP) is 4.11. The molecule has 0 unspecified atom stereocenters. The van der Waals surface area contributed by atoms with Crippen molar-refractivity contribution in [2.24, 2.45) is 0 Å². The number of rotatable bonds is 5. The number of pyridine rings is 1. The molecule has 0 aliphatic heterocycles. The number of anilines is 2. The Kier molecular flexibility index (Phi) is 5.23. The van der Waals surface area contributed by atoms with Crippen LogP contribution in [0.15, 0.2) is 24.4 Å². The number of nitrogens with zero attached hydrogens (tertiary/aromatic N) is 6. The SMILES string of the molecule is CCC1(O)CCC(Nc2nc(N)c3c(-c4ccc5nc(C)n(C(C)C)c5n4)ccn3n2)CC1. The highest BCUT2D eigenvalue weighted by atomic mass is 16.3. The Morgan fingerprint density at radius 1 is 1.18 bits per heavy atom. The minimum Gasteiger partial charge on any atom is -0.390 e. The standard InChI is InChI=1S/C24H32N8O/c1-5-24(33)11-8-16(9-12-24)27-23-29-21(25)20-17(10-13-31(20)30-23)18-6-7-19-22(28-18)32(14(2)3)15(4)26-19/h6-7,10,13-14,16,33H,5,8-9,11-12H2,1-4H3,(H3,25,27,29,30). The molecular weight excluding hydrogens is 416 g/mol. The Balaban J connectivity index is 1.46. The third-order valence-electron chi connectivity index (χ3n) is 6.95. The van der Waals surface area contributed by atoms with Crippen molar-refractivity contribution in [1.29, 1.82) is 0 Å². The lowest BCUT2D eigenvalue weighted by Gasteiger charge is -2.35. The Bertz CT molecular complexity index is 1310. The first-order valence-corrected chi connectivity index (χ1v) is 11.8. The second-order valence-corrected chi connectivity index (χ2v) is 9.50. The lowest BCUT2D eigenvalue weighted by Crippen LogP contribution is -2.38. The first-order chi connectivity index (χ1) is 15.8. The largest absolute Gasteiger partial charge is 0.390 e. The maximum atomic E-state index is 10.5. The van der Waals surface area contributed by atoms with E-state index < -0.39 is 5.60 Å². The van der Waals surface area contributed by atoms with Gasteiger partial charge in [0.25, 0.3) is 0 Å². The van der Waals surface area contributed by atoms with Gasteiger partial charge < -0.3 is 20.7 Å². The predicted molar refractivity (Wildman–Crippen MR) is 130 cm³/mol. The Labute approximate surface area is 193 Å². The number of hydrogen-bond acceptors (Lipinski definition) is 7. The van der Waals surface area contributed by atoms with E-state index in [4.69, 9.17) is 10.7 Å². The molecule has 174 valence electrons. The first-order valence-electron chi connectivity index (χ1n) is 11.8. The van der Waals surface area contributed by atoms with Gasteiger partial charge in [0.15, 0.2) is 11.5 Å². The topological polar surface area (TPSA) is 119 Å². The summed E-state index contributed by atoms with van der Waals surface area (Å²) in [5, 5.41) is 18.5. The van der Waals surface area contributed by atoms with E-state index in [0.717, 1.165) is 65.9 Å². The zero-order valence-corrected chi connectivity index (χ0v) is 19.7. The fraction of sp³-hybridized carbons (Fsp3) is 0.500. The summed E-state index contributed by atoms with van der Waals surface area (Å²) >= 11 is 0. The van der Waals surface area contributed by atoms with Crippen molar-refractivity contribution in [3.8, 4) is 11.3 Å². The third-order valence-corrected chi connectivity index (χ3v) is 6.95. The number of imidazole rings is 1. The fourth-order valence-corrected chi connectivity index (χ4v) is 5.01. The summed E-state index contributed by atoms with van der Waals surface area (Å²) in [7, 11) is 0. The number of nitrogens with two attached hydrogens (primary N) is 1. The van der Waals surface area contributed by atoms with E-state index in [1.807, 2.05) is 38.2 Å². The summed E-state index contributed by atoms with van der Waals surface area (Å²) in [4.78, 5) is 14.1. The Hall–Kier alpha value is -3.20. The zero-order valence-electron chi connectivity index (χ0n) is 19.7. The van der Waals surface area contributed by atoms with Crippen molar-refractivity contribution >= 4 is 28.4 Å². The highest BCUT2D eigenvalue weighted by molar-refractivity contribution is 5.88. The average Bonchev–Trinajstić information content (AvgIpc) is 3.35. The van der Waals surface area contributed by atoms with E-state index in [2.05, 4.69) is 38.8 Å². The zero-order chi connectivity index (χ0) is 23.3. The molecule has 4 aromatic heterocycles. The molecule has 4 heterocycles. The molecule has 1 aliphatic carbocycles. The highest BCUT2D eigenvalue weighted by Crippen LogP contribution is 2.33. The van der Waals surface area contributed by atoms with Gasteiger partial charge in [0.1, 0.15) is 16.9 Å². The van der Waals surface area contributed by atoms with Crippen LogP contribution in [0.5, 0.6) is 0 Å². The van der Waals surface area contributed by atoms with Crippen LogP contribution in [0.4, 0.5) is 11.8 Å². The molecule has 0 bridgehead atoms. The number of nitrogens with one attached hydrogen (secondary N) is 1. The molecule has 4 N–H and O–H groups in total. The number of aromatic nitrogens is 6. The van der Waals surface area contributed by atoms with Gasteiger partial charge in [0.2, 0.25) is 5.95 Å². The maximum absolute atomic E-state index is 10.5. The second kappa shape index (κ2) is 7.98. The molecule has 0 aromatic carbocycles. The summed E-state index contributed by atoms with van der Waals surface area (Å²) in [6.45, 7) is 8.31. The van der Waals surface area contributed by atoms with Gasteiger partial charge in [-0.3, -0.25) is 0 Å². The van der Waals surface area contributed by atoms with Gasteiger partial charge in [-0.05, 0) is 71.1 Å². The summed E-state index contributed by atoms with van der Waals surface area (Å²) in [6, 6.07) is 6.44. The van der Waals surface area contributed by atoms with Gasteiger partial charge in [0, 0.05) is 23.8 Å². The van der Waals surface area contributed by atoms with Gasteiger partial charge in [0.05, 0.1) is 11.3 Å². The van der Waals surface area contributed by atoms with Crippen LogP contribution in [0.25, 0.3) is 27.9 Å². The van der Waals surface area contributed by atoms with Crippen LogP contribution in [0, 0.1) is 6.92 Å². The lowest BCUT2D eigenvalue weighted by atomic mass is 9.80. The molecular formula is C24H32N8O. The van der Waals surface area contributed by atoms with Gasteiger partial charge in [-0.25, -0.2) is 14.5 Å². The molecule has 0 saturated heterocycles. The van der Waals surface area contributed by atoms with Crippen LogP contribution in [0.1, 0.15) is 64.7 Å². The molecule has 4 aromatic rings. The van der Waals surface area contributed by atoms with Gasteiger partial charge in [-0.2, -0.15) is 4.98 Å². The minimum atomic E-state index is -0.533. The number of nitrogen functional groups attached to an aromatic ring is 1. The molecule has 1 saturated carbocycles. The molecule has 1 fully saturated rings. The van der Waals surface area contributed by atoms with Crippen LogP contribution in [-0.4, -0.2) is 45.9 Å². The molecule has 33 heavy (non-hydrogen) atoms. The van der Waals surface area contributed by atoms with Crippen LogP contribution >= 0.6 is 0 Å². The quantitative estimate of drug-likeness (QED) is 0.420. The van der Waals surface area contributed by atoms with Crippen LogP contribution < -0.4 is 11.1 Å².